The molecule has 3 N–H and O–H groups in total. The van der Waals surface area contributed by atoms with Crippen LogP contribution >= 0.6 is 0 Å². The molecule has 4 atom stereocenters. The maximum atomic E-state index is 10.1. The van der Waals surface area contributed by atoms with E-state index in [4.69, 9.17) is 9.47 Å². The fourth-order valence-corrected chi connectivity index (χ4v) is 4.31. The Morgan fingerprint density at radius 2 is 1.19 bits per heavy atom. The largest absolute Gasteiger partial charge is 0.394 e. The van der Waals surface area contributed by atoms with Crippen molar-refractivity contribution < 1.29 is 24.8 Å². The van der Waals surface area contributed by atoms with Gasteiger partial charge in [-0.05, 0) is 19.3 Å². The summed E-state index contributed by atoms with van der Waals surface area (Å²) < 4.78 is 10.9. The van der Waals surface area contributed by atoms with Gasteiger partial charge in [0, 0.05) is 6.61 Å². The average molecular weight is 443 g/mol. The van der Waals surface area contributed by atoms with Gasteiger partial charge in [-0.25, -0.2) is 0 Å². The molecule has 0 saturated carbocycles. The Kier molecular flexibility index (Phi) is 18.6. The second-order valence-electron chi connectivity index (χ2n) is 9.18. The zero-order valence-corrected chi connectivity index (χ0v) is 19.9. The van der Waals surface area contributed by atoms with Gasteiger partial charge in [-0.15, -0.1) is 6.58 Å². The Morgan fingerprint density at radius 1 is 0.742 bits per heavy atom. The fourth-order valence-electron chi connectivity index (χ4n) is 4.31. The molecule has 31 heavy (non-hydrogen) atoms. The van der Waals surface area contributed by atoms with Crippen LogP contribution in [0.3, 0.4) is 0 Å². The number of ether oxygens (including phenoxy) is 2. The molecule has 0 aromatic carbocycles. The number of allylic oxidation sites excluding steroid dienone is 1. The van der Waals surface area contributed by atoms with Crippen LogP contribution in [0.15, 0.2) is 12.7 Å². The van der Waals surface area contributed by atoms with Gasteiger partial charge in [0.25, 0.3) is 0 Å². The molecule has 1 rings (SSSR count). The van der Waals surface area contributed by atoms with Gasteiger partial charge in [0.1, 0.15) is 24.4 Å². The van der Waals surface area contributed by atoms with Crippen molar-refractivity contribution in [1.29, 1.82) is 0 Å². The monoisotopic (exact) mass is 442 g/mol. The van der Waals surface area contributed by atoms with Gasteiger partial charge in [-0.3, -0.25) is 0 Å². The number of rotatable bonds is 21. The molecular weight excluding hydrogens is 392 g/mol. The third-order valence-corrected chi connectivity index (χ3v) is 6.37. The van der Waals surface area contributed by atoms with Crippen LogP contribution in [-0.2, 0) is 9.47 Å². The predicted molar refractivity (Wildman–Crippen MR) is 127 cm³/mol. The molecule has 0 amide bonds. The van der Waals surface area contributed by atoms with E-state index >= 15 is 0 Å². The lowest BCUT2D eigenvalue weighted by Gasteiger charge is -2.37. The van der Waals surface area contributed by atoms with E-state index in [0.29, 0.717) is 6.61 Å². The van der Waals surface area contributed by atoms with Crippen molar-refractivity contribution in [3.63, 3.8) is 0 Å². The summed E-state index contributed by atoms with van der Waals surface area (Å²) in [6.07, 6.45) is 21.2. The van der Waals surface area contributed by atoms with Crippen molar-refractivity contribution in [3.8, 4) is 0 Å². The average Bonchev–Trinajstić information content (AvgIpc) is 2.77. The molecule has 5 nitrogen and oxygen atoms in total. The highest BCUT2D eigenvalue weighted by Crippen LogP contribution is 2.19. The van der Waals surface area contributed by atoms with Gasteiger partial charge in [-0.1, -0.05) is 96.0 Å². The van der Waals surface area contributed by atoms with Crippen LogP contribution in [0.4, 0.5) is 0 Å². The van der Waals surface area contributed by atoms with Gasteiger partial charge in [0.15, 0.2) is 0 Å². The first-order valence-electron chi connectivity index (χ1n) is 13.0. The number of aliphatic hydroxyl groups is 3. The van der Waals surface area contributed by atoms with Crippen LogP contribution in [0.2, 0.25) is 0 Å². The zero-order chi connectivity index (χ0) is 22.6. The third kappa shape index (κ3) is 14.3. The first kappa shape index (κ1) is 28.6. The van der Waals surface area contributed by atoms with E-state index in [-0.39, 0.29) is 13.2 Å². The molecule has 1 heterocycles. The van der Waals surface area contributed by atoms with E-state index in [1.54, 1.807) is 0 Å². The van der Waals surface area contributed by atoms with Gasteiger partial charge in [0.2, 0.25) is 0 Å². The summed E-state index contributed by atoms with van der Waals surface area (Å²) in [4.78, 5) is 0. The molecule has 0 aromatic rings. The quantitative estimate of drug-likeness (QED) is 0.166. The lowest BCUT2D eigenvalue weighted by Crippen LogP contribution is -2.55. The summed E-state index contributed by atoms with van der Waals surface area (Å²) in [5, 5.41) is 29.2. The molecule has 0 aliphatic carbocycles. The molecule has 184 valence electrons. The molecule has 0 radical (unpaired) electrons. The molecule has 1 aliphatic heterocycles. The van der Waals surface area contributed by atoms with Crippen molar-refractivity contribution in [2.45, 2.75) is 134 Å². The normalized spacial score (nSPS) is 23.8. The Hall–Kier alpha value is -0.460. The van der Waals surface area contributed by atoms with E-state index in [1.165, 1.54) is 96.3 Å². The van der Waals surface area contributed by atoms with Crippen molar-refractivity contribution >= 4 is 0 Å². The van der Waals surface area contributed by atoms with E-state index in [2.05, 4.69) is 6.58 Å². The molecule has 1 aliphatic rings. The fraction of sp³-hybridized carbons (Fsp3) is 0.923. The number of aliphatic hydroxyl groups excluding tert-OH is 3. The molecule has 1 saturated heterocycles. The van der Waals surface area contributed by atoms with Crippen molar-refractivity contribution in [2.24, 2.45) is 0 Å². The van der Waals surface area contributed by atoms with Crippen LogP contribution in [0, 0.1) is 0 Å². The zero-order valence-electron chi connectivity index (χ0n) is 19.9. The van der Waals surface area contributed by atoms with Crippen LogP contribution < -0.4 is 0 Å². The Morgan fingerprint density at radius 3 is 1.65 bits per heavy atom. The van der Waals surface area contributed by atoms with Gasteiger partial charge in [0.05, 0.1) is 13.2 Å². The van der Waals surface area contributed by atoms with Crippen molar-refractivity contribution in [1.82, 2.24) is 0 Å². The summed E-state index contributed by atoms with van der Waals surface area (Å²) in [5.41, 5.74) is 0. The SMILES string of the molecule is C=CCCCCCCCCCCCCCCCCCCO[C@@H]1[C@@H](O)[C@H](CO)OC[C@H]1O. The molecular formula is C26H50O5. The van der Waals surface area contributed by atoms with Crippen LogP contribution in [0.1, 0.15) is 109 Å². The minimum atomic E-state index is -0.971. The molecule has 5 heteroatoms. The van der Waals surface area contributed by atoms with Gasteiger partial charge in [-0.2, -0.15) is 0 Å². The lowest BCUT2D eigenvalue weighted by molar-refractivity contribution is -0.210. The van der Waals surface area contributed by atoms with Crippen LogP contribution in [0.5, 0.6) is 0 Å². The number of hydrogen-bond donors (Lipinski definition) is 3. The van der Waals surface area contributed by atoms with E-state index < -0.39 is 24.4 Å². The van der Waals surface area contributed by atoms with E-state index in [0.717, 1.165) is 12.8 Å². The van der Waals surface area contributed by atoms with Gasteiger partial charge >= 0.3 is 0 Å². The maximum absolute atomic E-state index is 10.1. The molecule has 0 bridgehead atoms. The molecule has 0 unspecified atom stereocenters. The maximum Gasteiger partial charge on any atom is 0.114 e. The van der Waals surface area contributed by atoms with E-state index in [1.807, 2.05) is 6.08 Å². The summed E-state index contributed by atoms with van der Waals surface area (Å²) in [7, 11) is 0. The Balaban J connectivity index is 1.79. The highest BCUT2D eigenvalue weighted by atomic mass is 16.6. The second-order valence-corrected chi connectivity index (χ2v) is 9.18. The summed E-state index contributed by atoms with van der Waals surface area (Å²) >= 11 is 0. The molecule has 0 spiro atoms. The third-order valence-electron chi connectivity index (χ3n) is 6.37. The summed E-state index contributed by atoms with van der Waals surface area (Å²) in [6, 6.07) is 0. The topological polar surface area (TPSA) is 79.2 Å². The Labute approximate surface area is 191 Å². The molecule has 1 fully saturated rings. The standard InChI is InChI=1S/C26H50O5/c1-2-3-4-5-6-7-8-9-10-11-12-13-14-15-16-17-18-19-20-30-26-23(28)22-31-24(21-27)25(26)29/h2,23-29H,1,3-22H2/t23-,24+,25+,26+/m1/s1. The summed E-state index contributed by atoms with van der Waals surface area (Å²) in [5.74, 6) is 0. The molecule has 0 aromatic heterocycles. The minimum Gasteiger partial charge on any atom is -0.394 e. The van der Waals surface area contributed by atoms with Crippen molar-refractivity contribution in [2.75, 3.05) is 19.8 Å². The lowest BCUT2D eigenvalue weighted by atomic mass is 10.0. The van der Waals surface area contributed by atoms with Crippen LogP contribution in [0.25, 0.3) is 0 Å². The minimum absolute atomic E-state index is 0.101. The first-order valence-corrected chi connectivity index (χ1v) is 13.0. The summed E-state index contributed by atoms with van der Waals surface area (Å²) in [6.45, 7) is 4.14. The van der Waals surface area contributed by atoms with Crippen molar-refractivity contribution in [3.05, 3.63) is 12.7 Å². The van der Waals surface area contributed by atoms with Crippen LogP contribution in [-0.4, -0.2) is 59.6 Å². The highest BCUT2D eigenvalue weighted by molar-refractivity contribution is 4.87. The van der Waals surface area contributed by atoms with Gasteiger partial charge < -0.3 is 24.8 Å². The first-order chi connectivity index (χ1) is 15.2. The number of unbranched alkanes of at least 4 members (excludes halogenated alkanes) is 16. The van der Waals surface area contributed by atoms with E-state index in [9.17, 15) is 15.3 Å². The number of hydrogen-bond acceptors (Lipinski definition) is 5. The highest BCUT2D eigenvalue weighted by Gasteiger charge is 2.38. The smallest absolute Gasteiger partial charge is 0.114 e. The predicted octanol–water partition coefficient (Wildman–Crippen LogP) is 5.30. The second kappa shape index (κ2) is 20.2. The Bertz CT molecular complexity index is 403.